The van der Waals surface area contributed by atoms with E-state index < -0.39 is 52.8 Å². The first kappa shape index (κ1) is 37.4. The third kappa shape index (κ3) is 14.9. The van der Waals surface area contributed by atoms with Crippen LogP contribution in [0, 0.1) is 0 Å². The van der Waals surface area contributed by atoms with E-state index in [0.29, 0.717) is 0 Å². The topological polar surface area (TPSA) is 66.4 Å². The van der Waals surface area contributed by atoms with Crippen LogP contribution in [-0.2, 0) is 14.9 Å². The number of halogens is 8. The molecule has 0 rings (SSSR count). The molecule has 0 spiro atoms. The molecule has 220 valence electrons. The van der Waals surface area contributed by atoms with Crippen LogP contribution in [0.4, 0.5) is 35.1 Å². The summed E-state index contributed by atoms with van der Waals surface area (Å²) in [5.41, 5.74) is -2.95. The highest BCUT2D eigenvalue weighted by molar-refractivity contribution is 7.86. The van der Waals surface area contributed by atoms with Crippen molar-refractivity contribution in [3.05, 3.63) is 0 Å². The largest absolute Gasteiger partial charge is 0.746 e. The maximum absolute atomic E-state index is 13.1. The minimum Gasteiger partial charge on any atom is -0.746 e. The van der Waals surface area contributed by atoms with E-state index >= 15 is 0 Å². The number of quaternary nitrogens is 1. The van der Waals surface area contributed by atoms with Gasteiger partial charge >= 0.3 is 18.2 Å². The van der Waals surface area contributed by atoms with E-state index in [1.807, 2.05) is 0 Å². The number of hydrogen-bond acceptors (Lipinski definition) is 4. The lowest BCUT2D eigenvalue weighted by Gasteiger charge is -2.34. The molecule has 2 unspecified atom stereocenters. The van der Waals surface area contributed by atoms with Crippen LogP contribution in [0.25, 0.3) is 0 Å². The van der Waals surface area contributed by atoms with Gasteiger partial charge in [-0.05, 0) is 25.7 Å². The van der Waals surface area contributed by atoms with E-state index in [0.717, 1.165) is 0 Å². The first-order valence-electron chi connectivity index (χ1n) is 12.1. The molecule has 0 heterocycles. The van der Waals surface area contributed by atoms with Gasteiger partial charge in [0, 0.05) is 0 Å². The van der Waals surface area contributed by atoms with Gasteiger partial charge in [-0.3, -0.25) is 4.74 Å². The summed E-state index contributed by atoms with van der Waals surface area (Å²) < 4.78 is 137. The van der Waals surface area contributed by atoms with Gasteiger partial charge in [0.15, 0.2) is 11.6 Å². The lowest BCUT2D eigenvalue weighted by molar-refractivity contribution is -0.910. The van der Waals surface area contributed by atoms with Crippen LogP contribution < -0.4 is 0 Å². The van der Waals surface area contributed by atoms with Crippen molar-refractivity contribution in [3.8, 4) is 0 Å². The second-order valence-corrected chi connectivity index (χ2v) is 10.6. The molecule has 0 saturated carbocycles. The summed E-state index contributed by atoms with van der Waals surface area (Å²) in [6, 6.07) is 0. The summed E-state index contributed by atoms with van der Waals surface area (Å²) in [7, 11) is -3.17. The molecule has 0 amide bonds. The van der Waals surface area contributed by atoms with Gasteiger partial charge in [-0.15, -0.1) is 0 Å². The van der Waals surface area contributed by atoms with E-state index in [9.17, 15) is 48.1 Å². The van der Waals surface area contributed by atoms with Gasteiger partial charge in [0.2, 0.25) is 0 Å². The predicted molar refractivity (Wildman–Crippen MR) is 120 cm³/mol. The Labute approximate surface area is 209 Å². The maximum Gasteiger partial charge on any atom is 0.423 e. The van der Waals surface area contributed by atoms with Crippen LogP contribution in [0.1, 0.15) is 85.5 Å². The van der Waals surface area contributed by atoms with Crippen molar-refractivity contribution >= 4 is 10.1 Å². The zero-order valence-electron chi connectivity index (χ0n) is 21.7. The van der Waals surface area contributed by atoms with Crippen LogP contribution in [0.2, 0.25) is 0 Å². The molecule has 36 heavy (non-hydrogen) atoms. The monoisotopic (exact) mass is 567 g/mol. The van der Waals surface area contributed by atoms with E-state index in [2.05, 4.69) is 32.6 Å². The standard InChI is InChI=1S/C13H30N.C9H12F8O4S/c1-5-8-11-14(4,12-9-6-2)13-10-7-3;1-2-3-6(22(18,19)20)21-9(16,17)8(14,15)5(10)4-7(11,12)13/h5-13H2,1-4H3;5-6H,2-4H2,1H3,(H,18,19,20)/q+1;/p-1. The molecule has 0 fully saturated rings. The quantitative estimate of drug-likeness (QED) is 0.108. The first-order chi connectivity index (χ1) is 16.2. The van der Waals surface area contributed by atoms with Gasteiger partial charge in [-0.25, -0.2) is 12.8 Å². The Bertz CT molecular complexity index is 668. The summed E-state index contributed by atoms with van der Waals surface area (Å²) >= 11 is 0. The van der Waals surface area contributed by atoms with Crippen molar-refractivity contribution in [3.63, 3.8) is 0 Å². The third-order valence-corrected chi connectivity index (χ3v) is 6.45. The second-order valence-electron chi connectivity index (χ2n) is 9.11. The lowest BCUT2D eigenvalue weighted by Crippen LogP contribution is -2.53. The van der Waals surface area contributed by atoms with Crippen LogP contribution in [0.5, 0.6) is 0 Å². The molecule has 0 aliphatic carbocycles. The maximum atomic E-state index is 13.1. The number of ether oxygens (including phenoxy) is 1. The fourth-order valence-corrected chi connectivity index (χ4v) is 3.97. The third-order valence-electron chi connectivity index (χ3n) is 5.47. The van der Waals surface area contributed by atoms with Gasteiger partial charge in [0.1, 0.15) is 10.1 Å². The van der Waals surface area contributed by atoms with E-state index in [1.54, 1.807) is 0 Å². The molecule has 0 bridgehead atoms. The average molecular weight is 568 g/mol. The fraction of sp³-hybridized carbons (Fsp3) is 1.00. The van der Waals surface area contributed by atoms with Crippen molar-refractivity contribution in [1.82, 2.24) is 0 Å². The Morgan fingerprint density at radius 2 is 1.19 bits per heavy atom. The molecular formula is C22H41F8NO4S. The Morgan fingerprint density at radius 1 is 0.806 bits per heavy atom. The van der Waals surface area contributed by atoms with Crippen molar-refractivity contribution in [2.24, 2.45) is 0 Å². The zero-order valence-corrected chi connectivity index (χ0v) is 22.5. The van der Waals surface area contributed by atoms with Crippen LogP contribution in [0.15, 0.2) is 0 Å². The number of hydrogen-bond donors (Lipinski definition) is 0. The Hall–Kier alpha value is -0.730. The number of rotatable bonds is 17. The molecule has 0 radical (unpaired) electrons. The molecule has 0 N–H and O–H groups in total. The Balaban J connectivity index is 0. The second kappa shape index (κ2) is 16.3. The lowest BCUT2D eigenvalue weighted by atomic mass is 10.1. The van der Waals surface area contributed by atoms with Gasteiger partial charge in [0.25, 0.3) is 0 Å². The minimum absolute atomic E-state index is 0.255. The molecule has 14 heteroatoms. The molecule has 0 aliphatic rings. The molecule has 2 atom stereocenters. The van der Waals surface area contributed by atoms with Gasteiger partial charge in [-0.1, -0.05) is 53.4 Å². The van der Waals surface area contributed by atoms with Crippen molar-refractivity contribution < 1.29 is 57.3 Å². The van der Waals surface area contributed by atoms with E-state index in [-0.39, 0.29) is 6.42 Å². The summed E-state index contributed by atoms with van der Waals surface area (Å²) in [5.74, 6) is -5.99. The summed E-state index contributed by atoms with van der Waals surface area (Å²) in [5, 5.41) is 0. The van der Waals surface area contributed by atoms with Gasteiger partial charge in [-0.2, -0.15) is 30.7 Å². The first-order valence-corrected chi connectivity index (χ1v) is 13.6. The van der Waals surface area contributed by atoms with E-state index in [4.69, 9.17) is 0 Å². The van der Waals surface area contributed by atoms with Gasteiger partial charge in [0.05, 0.1) is 33.1 Å². The zero-order chi connectivity index (χ0) is 28.8. The number of unbranched alkanes of at least 4 members (excludes halogenated alkanes) is 3. The smallest absolute Gasteiger partial charge is 0.423 e. The molecule has 0 aliphatic heterocycles. The highest BCUT2D eigenvalue weighted by Gasteiger charge is 2.66. The highest BCUT2D eigenvalue weighted by Crippen LogP contribution is 2.44. The number of alkyl halides is 8. The van der Waals surface area contributed by atoms with Crippen molar-refractivity contribution in [1.29, 1.82) is 0 Å². The van der Waals surface area contributed by atoms with Gasteiger partial charge < -0.3 is 9.04 Å². The Morgan fingerprint density at radius 3 is 1.47 bits per heavy atom. The summed E-state index contributed by atoms with van der Waals surface area (Å²) in [6.45, 7) is 12.2. The molecular weight excluding hydrogens is 526 g/mol. The molecule has 0 saturated heterocycles. The van der Waals surface area contributed by atoms with Crippen LogP contribution in [-0.4, -0.2) is 74.0 Å². The average Bonchev–Trinajstić information content (AvgIpc) is 2.73. The molecule has 0 aromatic rings. The highest BCUT2D eigenvalue weighted by atomic mass is 32.2. The number of nitrogens with zero attached hydrogens (tertiary/aromatic N) is 1. The Kier molecular flexibility index (Phi) is 16.9. The molecule has 5 nitrogen and oxygen atoms in total. The van der Waals surface area contributed by atoms with Crippen molar-refractivity contribution in [2.45, 2.75) is 115 Å². The SMILES string of the molecule is CCCC(OC(F)(F)C(F)(F)C(F)CC(F)(F)F)S(=O)(=O)[O-].CCCC[N+](C)(CCCC)CCCC. The minimum atomic E-state index is -5.99. The molecule has 0 aromatic carbocycles. The molecule has 0 aromatic heterocycles. The van der Waals surface area contributed by atoms with E-state index in [1.165, 1.54) is 69.6 Å². The summed E-state index contributed by atoms with van der Waals surface area (Å²) in [4.78, 5) is 0. The predicted octanol–water partition coefficient (Wildman–Crippen LogP) is 7.03. The van der Waals surface area contributed by atoms with Crippen LogP contribution in [0.3, 0.4) is 0 Å². The van der Waals surface area contributed by atoms with Crippen LogP contribution >= 0.6 is 0 Å². The fourth-order valence-electron chi connectivity index (χ4n) is 3.21. The summed E-state index contributed by atoms with van der Waals surface area (Å²) in [6.07, 6.45) is -11.7. The van der Waals surface area contributed by atoms with Crippen molar-refractivity contribution in [2.75, 3.05) is 26.7 Å². The normalized spacial score (nSPS) is 15.3.